The first-order chi connectivity index (χ1) is 15.6. The number of para-hydroxylation sites is 1. The molecule has 0 spiro atoms. The number of ether oxygens (including phenoxy) is 3. The van der Waals surface area contributed by atoms with Crippen molar-refractivity contribution in [3.8, 4) is 27.8 Å². The highest BCUT2D eigenvalue weighted by molar-refractivity contribution is 7.98. The van der Waals surface area contributed by atoms with Crippen molar-refractivity contribution in [1.82, 2.24) is 19.7 Å². The molecule has 1 atom stereocenters. The van der Waals surface area contributed by atoms with Gasteiger partial charge in [0.1, 0.15) is 10.8 Å². The van der Waals surface area contributed by atoms with Crippen LogP contribution in [0.25, 0.3) is 10.6 Å². The number of thiazole rings is 1. The van der Waals surface area contributed by atoms with Crippen LogP contribution in [0.4, 0.5) is 0 Å². The van der Waals surface area contributed by atoms with Gasteiger partial charge in [0.2, 0.25) is 6.79 Å². The molecule has 0 bridgehead atoms. The van der Waals surface area contributed by atoms with E-state index in [9.17, 15) is 0 Å². The van der Waals surface area contributed by atoms with Crippen molar-refractivity contribution in [3.63, 3.8) is 0 Å². The number of hydrogen-bond acceptors (Lipinski definition) is 8. The van der Waals surface area contributed by atoms with Gasteiger partial charge in [0.05, 0.1) is 5.69 Å². The Kier molecular flexibility index (Phi) is 5.75. The fraction of sp³-hybridized carbons (Fsp3) is 0.261. The molecule has 9 heteroatoms. The van der Waals surface area contributed by atoms with E-state index in [1.54, 1.807) is 23.1 Å². The summed E-state index contributed by atoms with van der Waals surface area (Å²) in [6.07, 6.45) is -0.208. The van der Waals surface area contributed by atoms with E-state index in [2.05, 4.69) is 15.6 Å². The molecule has 0 radical (unpaired) electrons. The predicted molar refractivity (Wildman–Crippen MR) is 124 cm³/mol. The van der Waals surface area contributed by atoms with Crippen molar-refractivity contribution in [3.05, 3.63) is 64.9 Å². The first-order valence-electron chi connectivity index (χ1n) is 10.2. The van der Waals surface area contributed by atoms with Crippen LogP contribution in [0.15, 0.2) is 53.0 Å². The van der Waals surface area contributed by atoms with Gasteiger partial charge in [0, 0.05) is 23.7 Å². The second kappa shape index (κ2) is 8.84. The first kappa shape index (κ1) is 20.8. The molecule has 2 aromatic carbocycles. The first-order valence-corrected chi connectivity index (χ1v) is 12.0. The van der Waals surface area contributed by atoms with E-state index in [0.717, 1.165) is 50.1 Å². The third-order valence-corrected chi connectivity index (χ3v) is 7.14. The molecule has 7 nitrogen and oxygen atoms in total. The molecule has 5 rings (SSSR count). The number of benzene rings is 2. The SMILES string of the molecule is Cc1ccccc1OC(C)c1nnc(SCc2csc(-c3ccc4c(c3)OCO4)n2)n1C. The Balaban J connectivity index is 1.24. The lowest BCUT2D eigenvalue weighted by Gasteiger charge is -2.15. The Hall–Kier alpha value is -3.04. The third-order valence-electron chi connectivity index (χ3n) is 5.15. The molecule has 0 N–H and O–H groups in total. The van der Waals surface area contributed by atoms with Gasteiger partial charge in [-0.25, -0.2) is 4.98 Å². The highest BCUT2D eigenvalue weighted by atomic mass is 32.2. The number of nitrogens with zero attached hydrogens (tertiary/aromatic N) is 4. The third kappa shape index (κ3) is 4.18. The van der Waals surface area contributed by atoms with Crippen LogP contribution in [0.3, 0.4) is 0 Å². The van der Waals surface area contributed by atoms with Gasteiger partial charge in [-0.15, -0.1) is 21.5 Å². The van der Waals surface area contributed by atoms with Crippen LogP contribution in [0, 0.1) is 6.92 Å². The van der Waals surface area contributed by atoms with Crippen molar-refractivity contribution in [1.29, 1.82) is 0 Å². The molecule has 2 aromatic heterocycles. The van der Waals surface area contributed by atoms with Gasteiger partial charge in [0.15, 0.2) is 28.6 Å². The topological polar surface area (TPSA) is 71.3 Å². The van der Waals surface area contributed by atoms with Gasteiger partial charge in [0.25, 0.3) is 0 Å². The lowest BCUT2D eigenvalue weighted by Crippen LogP contribution is -2.10. The number of rotatable bonds is 7. The maximum atomic E-state index is 6.11. The highest BCUT2D eigenvalue weighted by Crippen LogP contribution is 2.37. The van der Waals surface area contributed by atoms with E-state index < -0.39 is 0 Å². The zero-order valence-electron chi connectivity index (χ0n) is 17.9. The Bertz CT molecular complexity index is 1250. The Labute approximate surface area is 194 Å². The van der Waals surface area contributed by atoms with Crippen LogP contribution in [-0.2, 0) is 12.8 Å². The van der Waals surface area contributed by atoms with Crippen molar-refractivity contribution in [2.45, 2.75) is 30.9 Å². The average molecular weight is 467 g/mol. The normalized spacial score (nSPS) is 13.3. The number of aryl methyl sites for hydroxylation is 1. The summed E-state index contributed by atoms with van der Waals surface area (Å²) in [4.78, 5) is 4.78. The Morgan fingerprint density at radius 2 is 2.00 bits per heavy atom. The summed E-state index contributed by atoms with van der Waals surface area (Å²) in [5, 5.41) is 12.6. The minimum Gasteiger partial charge on any atom is -0.482 e. The van der Waals surface area contributed by atoms with Crippen LogP contribution in [0.5, 0.6) is 17.2 Å². The Morgan fingerprint density at radius 3 is 2.88 bits per heavy atom. The molecular weight excluding hydrogens is 444 g/mol. The summed E-state index contributed by atoms with van der Waals surface area (Å²) in [6, 6.07) is 13.9. The molecular formula is C23H22N4O3S2. The quantitative estimate of drug-likeness (QED) is 0.337. The molecule has 1 aliphatic rings. The lowest BCUT2D eigenvalue weighted by atomic mass is 10.2. The fourth-order valence-corrected chi connectivity index (χ4v) is 5.14. The molecule has 0 fully saturated rings. The number of hydrogen-bond donors (Lipinski definition) is 0. The van der Waals surface area contributed by atoms with Gasteiger partial charge >= 0.3 is 0 Å². The second-order valence-electron chi connectivity index (χ2n) is 7.43. The molecule has 0 saturated carbocycles. The van der Waals surface area contributed by atoms with E-state index in [-0.39, 0.29) is 12.9 Å². The molecule has 1 unspecified atom stereocenters. The van der Waals surface area contributed by atoms with Gasteiger partial charge in [-0.05, 0) is 43.7 Å². The average Bonchev–Trinajstić information content (AvgIpc) is 3.53. The number of fused-ring (bicyclic) bond motifs is 1. The largest absolute Gasteiger partial charge is 0.482 e. The monoisotopic (exact) mass is 466 g/mol. The Morgan fingerprint density at radius 1 is 1.16 bits per heavy atom. The van der Waals surface area contributed by atoms with Crippen molar-refractivity contribution in [2.75, 3.05) is 6.79 Å². The summed E-state index contributed by atoms with van der Waals surface area (Å²) >= 11 is 3.23. The van der Waals surface area contributed by atoms with E-state index in [1.165, 1.54) is 0 Å². The van der Waals surface area contributed by atoms with Gasteiger partial charge in [-0.3, -0.25) is 0 Å². The maximum Gasteiger partial charge on any atom is 0.231 e. The fourth-order valence-electron chi connectivity index (χ4n) is 3.41. The predicted octanol–water partition coefficient (Wildman–Crippen LogP) is 5.41. The van der Waals surface area contributed by atoms with Crippen molar-refractivity contribution in [2.24, 2.45) is 7.05 Å². The van der Waals surface area contributed by atoms with Crippen LogP contribution >= 0.6 is 23.1 Å². The minimum atomic E-state index is -0.208. The summed E-state index contributed by atoms with van der Waals surface area (Å²) in [6.45, 7) is 4.29. The smallest absolute Gasteiger partial charge is 0.231 e. The van der Waals surface area contributed by atoms with Crippen LogP contribution in [0.1, 0.15) is 30.1 Å². The zero-order valence-corrected chi connectivity index (χ0v) is 19.6. The number of thioether (sulfide) groups is 1. The van der Waals surface area contributed by atoms with E-state index in [4.69, 9.17) is 19.2 Å². The summed E-state index contributed by atoms with van der Waals surface area (Å²) in [5.41, 5.74) is 3.12. The molecule has 0 amide bonds. The highest BCUT2D eigenvalue weighted by Gasteiger charge is 2.19. The summed E-state index contributed by atoms with van der Waals surface area (Å²) in [7, 11) is 1.97. The molecule has 0 aliphatic carbocycles. The summed E-state index contributed by atoms with van der Waals surface area (Å²) < 4.78 is 19.0. The standard InChI is InChI=1S/C23H22N4O3S2/c1-14-6-4-5-7-18(14)30-15(2)21-25-26-23(27(21)3)32-12-17-11-31-22(24-17)16-8-9-19-20(10-16)29-13-28-19/h4-11,15H,12-13H2,1-3H3. The minimum absolute atomic E-state index is 0.208. The van der Waals surface area contributed by atoms with Gasteiger partial charge in [-0.1, -0.05) is 30.0 Å². The molecule has 32 heavy (non-hydrogen) atoms. The van der Waals surface area contributed by atoms with Gasteiger partial charge in [-0.2, -0.15) is 0 Å². The molecule has 4 aromatic rings. The molecule has 1 aliphatic heterocycles. The van der Waals surface area contributed by atoms with Gasteiger partial charge < -0.3 is 18.8 Å². The van der Waals surface area contributed by atoms with E-state index in [1.807, 2.05) is 67.9 Å². The van der Waals surface area contributed by atoms with Crippen LogP contribution in [-0.4, -0.2) is 26.5 Å². The van der Waals surface area contributed by atoms with Crippen LogP contribution in [0.2, 0.25) is 0 Å². The van der Waals surface area contributed by atoms with Crippen molar-refractivity contribution >= 4 is 23.1 Å². The van der Waals surface area contributed by atoms with E-state index >= 15 is 0 Å². The van der Waals surface area contributed by atoms with E-state index in [0.29, 0.717) is 5.75 Å². The van der Waals surface area contributed by atoms with Crippen molar-refractivity contribution < 1.29 is 14.2 Å². The summed E-state index contributed by atoms with van der Waals surface area (Å²) in [5.74, 6) is 3.90. The number of aromatic nitrogens is 4. The second-order valence-corrected chi connectivity index (χ2v) is 9.23. The molecule has 0 saturated heterocycles. The maximum absolute atomic E-state index is 6.11. The molecule has 164 valence electrons. The van der Waals surface area contributed by atoms with Crippen LogP contribution < -0.4 is 14.2 Å². The zero-order chi connectivity index (χ0) is 22.1. The molecule has 3 heterocycles. The lowest BCUT2D eigenvalue weighted by molar-refractivity contribution is 0.174.